The van der Waals surface area contributed by atoms with Crippen LogP contribution in [0.1, 0.15) is 48.1 Å². The molecular formula is C37H39NO9. The lowest BCUT2D eigenvalue weighted by atomic mass is 9.87. The minimum atomic E-state index is -1.66. The minimum absolute atomic E-state index is 0.0431. The van der Waals surface area contributed by atoms with Gasteiger partial charge in [0.15, 0.2) is 17.7 Å². The number of imide groups is 1. The van der Waals surface area contributed by atoms with Crippen molar-refractivity contribution >= 4 is 35.1 Å². The Morgan fingerprint density at radius 2 is 1.68 bits per heavy atom. The van der Waals surface area contributed by atoms with E-state index in [1.165, 1.54) is 0 Å². The predicted molar refractivity (Wildman–Crippen MR) is 173 cm³/mol. The van der Waals surface area contributed by atoms with E-state index in [2.05, 4.69) is 0 Å². The number of ketones is 2. The monoisotopic (exact) mass is 641 g/mol. The van der Waals surface area contributed by atoms with Crippen molar-refractivity contribution in [3.8, 4) is 0 Å². The van der Waals surface area contributed by atoms with Gasteiger partial charge >= 0.3 is 12.1 Å². The Morgan fingerprint density at radius 3 is 2.34 bits per heavy atom. The lowest BCUT2D eigenvalue weighted by Crippen LogP contribution is -2.47. The molecule has 246 valence electrons. The van der Waals surface area contributed by atoms with Gasteiger partial charge in [0.1, 0.15) is 12.6 Å². The number of hydrogen-bond acceptors (Lipinski definition) is 9. The second kappa shape index (κ2) is 17.1. The maximum Gasteiger partial charge on any atom is 0.417 e. The quantitative estimate of drug-likeness (QED) is 0.133. The molecule has 0 saturated carbocycles. The fourth-order valence-corrected chi connectivity index (χ4v) is 5.47. The van der Waals surface area contributed by atoms with E-state index in [0.29, 0.717) is 23.1 Å². The SMILES string of the molecule is CC(=O)O[C@H](C(=O)C=C(C(=O)CCCOCCO)c1cccc(C)c1)[C@H](Cc1ccccc1)C(=O)N1C(=O)OC[C@@H]1c1ccccc1. The van der Waals surface area contributed by atoms with Gasteiger partial charge in [0, 0.05) is 25.5 Å². The average Bonchev–Trinajstić information content (AvgIpc) is 3.46. The Balaban J connectivity index is 1.75. The zero-order valence-electron chi connectivity index (χ0n) is 26.5. The Hall–Kier alpha value is -4.93. The van der Waals surface area contributed by atoms with Crippen LogP contribution in [0.5, 0.6) is 0 Å². The molecule has 10 heteroatoms. The molecule has 0 bridgehead atoms. The number of carbonyl (C=O) groups excluding carboxylic acids is 5. The van der Waals surface area contributed by atoms with Gasteiger partial charge in [-0.05, 0) is 42.5 Å². The number of esters is 1. The molecule has 4 rings (SSSR count). The molecule has 0 aliphatic carbocycles. The van der Waals surface area contributed by atoms with E-state index in [1.807, 2.05) is 19.1 Å². The molecule has 3 aromatic carbocycles. The van der Waals surface area contributed by atoms with Crippen LogP contribution >= 0.6 is 0 Å². The van der Waals surface area contributed by atoms with Crippen LogP contribution in [-0.2, 0) is 39.8 Å². The summed E-state index contributed by atoms with van der Waals surface area (Å²) in [7, 11) is 0. The summed E-state index contributed by atoms with van der Waals surface area (Å²) < 4.78 is 16.2. The number of allylic oxidation sites excluding steroid dienone is 1. The number of benzene rings is 3. The smallest absolute Gasteiger partial charge is 0.417 e. The van der Waals surface area contributed by atoms with Gasteiger partial charge in [-0.2, -0.15) is 0 Å². The Labute approximate surface area is 273 Å². The number of aliphatic hydroxyl groups is 1. The molecule has 0 unspecified atom stereocenters. The summed E-state index contributed by atoms with van der Waals surface area (Å²) in [5.41, 5.74) is 2.76. The zero-order valence-corrected chi connectivity index (χ0v) is 26.5. The summed E-state index contributed by atoms with van der Waals surface area (Å²) in [4.78, 5) is 68.6. The lowest BCUT2D eigenvalue weighted by Gasteiger charge is -2.29. The van der Waals surface area contributed by atoms with Crippen LogP contribution in [0.25, 0.3) is 5.57 Å². The summed E-state index contributed by atoms with van der Waals surface area (Å²) >= 11 is 0. The number of ether oxygens (including phenoxy) is 3. The maximum absolute atomic E-state index is 14.4. The van der Waals surface area contributed by atoms with E-state index < -0.39 is 41.8 Å². The molecule has 2 amide bonds. The van der Waals surface area contributed by atoms with Crippen LogP contribution in [0.2, 0.25) is 0 Å². The van der Waals surface area contributed by atoms with Crippen LogP contribution in [0.4, 0.5) is 4.79 Å². The number of carbonyl (C=O) groups is 5. The summed E-state index contributed by atoms with van der Waals surface area (Å²) in [6, 6.07) is 24.1. The highest BCUT2D eigenvalue weighted by Crippen LogP contribution is 2.32. The van der Waals surface area contributed by atoms with E-state index in [4.69, 9.17) is 19.3 Å². The van der Waals surface area contributed by atoms with Gasteiger partial charge in [0.05, 0.1) is 19.1 Å². The number of aryl methyl sites for hydroxylation is 1. The third-order valence-corrected chi connectivity index (χ3v) is 7.69. The Kier molecular flexibility index (Phi) is 12.7. The molecule has 3 atom stereocenters. The molecule has 1 saturated heterocycles. The average molecular weight is 642 g/mol. The lowest BCUT2D eigenvalue weighted by molar-refractivity contribution is -0.158. The molecule has 0 radical (unpaired) electrons. The molecule has 10 nitrogen and oxygen atoms in total. The van der Waals surface area contributed by atoms with Crippen molar-refractivity contribution in [3.63, 3.8) is 0 Å². The molecule has 1 fully saturated rings. The van der Waals surface area contributed by atoms with Gasteiger partial charge in [0.2, 0.25) is 5.91 Å². The van der Waals surface area contributed by atoms with Crippen LogP contribution in [0.3, 0.4) is 0 Å². The molecule has 1 aliphatic rings. The highest BCUT2D eigenvalue weighted by atomic mass is 16.6. The predicted octanol–water partition coefficient (Wildman–Crippen LogP) is 4.82. The highest BCUT2D eigenvalue weighted by Gasteiger charge is 2.46. The first-order valence-electron chi connectivity index (χ1n) is 15.5. The Morgan fingerprint density at radius 1 is 0.979 bits per heavy atom. The molecule has 47 heavy (non-hydrogen) atoms. The van der Waals surface area contributed by atoms with Crippen LogP contribution < -0.4 is 0 Å². The van der Waals surface area contributed by atoms with Crippen molar-refractivity contribution < 1.29 is 43.3 Å². The summed E-state index contributed by atoms with van der Waals surface area (Å²) in [5, 5.41) is 8.96. The van der Waals surface area contributed by atoms with E-state index in [-0.39, 0.29) is 50.6 Å². The zero-order chi connectivity index (χ0) is 33.8. The van der Waals surface area contributed by atoms with E-state index in [0.717, 1.165) is 23.5 Å². The van der Waals surface area contributed by atoms with Crippen molar-refractivity contribution in [1.82, 2.24) is 4.90 Å². The maximum atomic E-state index is 14.4. The van der Waals surface area contributed by atoms with Crippen molar-refractivity contribution in [2.24, 2.45) is 5.92 Å². The number of aliphatic hydroxyl groups excluding tert-OH is 1. The second-order valence-corrected chi connectivity index (χ2v) is 11.2. The number of nitrogens with zero attached hydrogens (tertiary/aromatic N) is 1. The van der Waals surface area contributed by atoms with Crippen LogP contribution in [0.15, 0.2) is 91.0 Å². The number of rotatable bonds is 16. The molecule has 3 aromatic rings. The molecular weight excluding hydrogens is 602 g/mol. The topological polar surface area (TPSA) is 137 Å². The van der Waals surface area contributed by atoms with Gasteiger partial charge in [-0.25, -0.2) is 9.69 Å². The van der Waals surface area contributed by atoms with Crippen molar-refractivity contribution in [1.29, 1.82) is 0 Å². The summed E-state index contributed by atoms with van der Waals surface area (Å²) in [5.74, 6) is -4.02. The number of Topliss-reactive ketones (excluding diaryl/α,β-unsaturated/α-hetero) is 1. The third kappa shape index (κ3) is 9.54. The number of amides is 2. The fourth-order valence-electron chi connectivity index (χ4n) is 5.47. The van der Waals surface area contributed by atoms with Crippen molar-refractivity contribution in [2.75, 3.05) is 26.4 Å². The molecule has 0 spiro atoms. The van der Waals surface area contributed by atoms with Crippen LogP contribution in [0, 0.1) is 12.8 Å². The molecule has 1 N–H and O–H groups in total. The normalized spacial score (nSPS) is 15.9. The van der Waals surface area contributed by atoms with Gasteiger partial charge in [0.25, 0.3) is 0 Å². The van der Waals surface area contributed by atoms with E-state index in [9.17, 15) is 24.0 Å². The van der Waals surface area contributed by atoms with E-state index >= 15 is 0 Å². The third-order valence-electron chi connectivity index (χ3n) is 7.69. The van der Waals surface area contributed by atoms with Gasteiger partial charge in [-0.15, -0.1) is 0 Å². The van der Waals surface area contributed by atoms with Gasteiger partial charge in [-0.1, -0.05) is 90.5 Å². The summed E-state index contributed by atoms with van der Waals surface area (Å²) in [6.07, 6.45) is -1.06. The Bertz CT molecular complexity index is 1590. The largest absolute Gasteiger partial charge is 0.453 e. The second-order valence-electron chi connectivity index (χ2n) is 11.2. The summed E-state index contributed by atoms with van der Waals surface area (Å²) in [6.45, 7) is 3.14. The number of cyclic esters (lactones) is 1. The van der Waals surface area contributed by atoms with E-state index in [1.54, 1.807) is 72.8 Å². The molecule has 1 heterocycles. The highest BCUT2D eigenvalue weighted by molar-refractivity contribution is 6.25. The molecule has 1 aliphatic heterocycles. The first-order chi connectivity index (χ1) is 22.7. The van der Waals surface area contributed by atoms with Crippen molar-refractivity contribution in [2.45, 2.75) is 45.3 Å². The standard InChI is InChI=1S/C37H39NO9/c1-25-11-9-16-29(21-25)30(33(41)17-10-19-45-20-18-39)23-34(42)35(47-26(2)40)31(22-27-12-5-3-6-13-27)36(43)38-32(24-46-37(38)44)28-14-7-4-8-15-28/h3-9,11-16,21,23,31-32,35,39H,10,17-20,22,24H2,1-2H3/t31-,32+,35-/m0/s1. The fraction of sp³-hybridized carbons (Fsp3) is 0.324. The molecule has 0 aromatic heterocycles. The van der Waals surface area contributed by atoms with Crippen LogP contribution in [-0.4, -0.2) is 72.1 Å². The van der Waals surface area contributed by atoms with Gasteiger partial charge in [-0.3, -0.25) is 19.2 Å². The van der Waals surface area contributed by atoms with Gasteiger partial charge < -0.3 is 19.3 Å². The first-order valence-corrected chi connectivity index (χ1v) is 15.5. The van der Waals surface area contributed by atoms with Crippen molar-refractivity contribution in [3.05, 3.63) is 113 Å². The number of hydrogen-bond donors (Lipinski definition) is 1. The minimum Gasteiger partial charge on any atom is -0.453 e. The first kappa shape index (κ1) is 34.9.